The molecule has 10 heteroatoms. The molecule has 8 nitrogen and oxygen atoms in total. The maximum atomic E-state index is 14.8. The molecule has 31 heavy (non-hydrogen) atoms. The van der Waals surface area contributed by atoms with Crippen LogP contribution in [0.25, 0.3) is 5.69 Å². The van der Waals surface area contributed by atoms with Crippen LogP contribution in [0.5, 0.6) is 0 Å². The fraction of sp³-hybridized carbons (Fsp3) is 0.333. The van der Waals surface area contributed by atoms with Gasteiger partial charge in [-0.05, 0) is 49.2 Å². The molecule has 166 valence electrons. The van der Waals surface area contributed by atoms with Crippen molar-refractivity contribution in [2.45, 2.75) is 31.2 Å². The Kier molecular flexibility index (Phi) is 7.50. The van der Waals surface area contributed by atoms with Gasteiger partial charge in [0.25, 0.3) is 0 Å². The van der Waals surface area contributed by atoms with Crippen LogP contribution in [0, 0.1) is 12.7 Å². The molecule has 0 unspecified atom stereocenters. The number of hydrogen-bond acceptors (Lipinski definition) is 6. The number of benzene rings is 2. The van der Waals surface area contributed by atoms with Crippen LogP contribution in [0.1, 0.15) is 29.2 Å². The van der Waals surface area contributed by atoms with E-state index in [0.29, 0.717) is 31.2 Å². The van der Waals surface area contributed by atoms with Crippen molar-refractivity contribution in [1.82, 2.24) is 20.1 Å². The van der Waals surface area contributed by atoms with Gasteiger partial charge in [-0.1, -0.05) is 24.3 Å². The van der Waals surface area contributed by atoms with Gasteiger partial charge in [-0.15, -0.1) is 5.10 Å². The van der Waals surface area contributed by atoms with Gasteiger partial charge in [0.2, 0.25) is 10.0 Å². The minimum Gasteiger partial charge on any atom is -0.385 e. The number of sulfonamides is 1. The van der Waals surface area contributed by atoms with Gasteiger partial charge in [0.15, 0.2) is 5.82 Å². The first kappa shape index (κ1) is 23.0. The van der Waals surface area contributed by atoms with Gasteiger partial charge in [-0.3, -0.25) is 0 Å². The molecule has 0 saturated heterocycles. The number of ether oxygens (including phenoxy) is 1. The van der Waals surface area contributed by atoms with Gasteiger partial charge in [-0.25, -0.2) is 27.6 Å². The summed E-state index contributed by atoms with van der Waals surface area (Å²) in [5, 5.41) is 12.8. The van der Waals surface area contributed by atoms with Gasteiger partial charge in [-0.2, -0.15) is 0 Å². The summed E-state index contributed by atoms with van der Waals surface area (Å²) < 4.78 is 44.3. The standard InChI is InChI=1S/C21H26FN5O3S/c1-15-6-3-4-7-16(15)12-21-25-20(14-24-10-5-11-30-2)26-27(21)19-9-8-17(13-18(19)22)31(23,28)29/h3-4,6-9,13,24H,5,10-12,14H2,1-2H3,(H2,23,28,29). The van der Waals surface area contributed by atoms with Crippen molar-refractivity contribution >= 4 is 10.0 Å². The van der Waals surface area contributed by atoms with E-state index in [1.807, 2.05) is 31.2 Å². The summed E-state index contributed by atoms with van der Waals surface area (Å²) in [6.45, 7) is 3.78. The van der Waals surface area contributed by atoms with Crippen LogP contribution in [0.2, 0.25) is 0 Å². The number of methoxy groups -OCH3 is 1. The predicted molar refractivity (Wildman–Crippen MR) is 115 cm³/mol. The summed E-state index contributed by atoms with van der Waals surface area (Å²) in [6, 6.07) is 11.4. The van der Waals surface area contributed by atoms with Gasteiger partial charge >= 0.3 is 0 Å². The second-order valence-electron chi connectivity index (χ2n) is 7.14. The van der Waals surface area contributed by atoms with Crippen molar-refractivity contribution in [2.75, 3.05) is 20.3 Å². The second kappa shape index (κ2) is 10.1. The zero-order valence-electron chi connectivity index (χ0n) is 17.5. The van der Waals surface area contributed by atoms with Crippen molar-refractivity contribution in [3.8, 4) is 5.69 Å². The third-order valence-corrected chi connectivity index (χ3v) is 5.70. The van der Waals surface area contributed by atoms with E-state index in [9.17, 15) is 12.8 Å². The Morgan fingerprint density at radius 1 is 1.23 bits per heavy atom. The van der Waals surface area contributed by atoms with E-state index in [-0.39, 0.29) is 10.6 Å². The molecule has 0 aliphatic heterocycles. The summed E-state index contributed by atoms with van der Waals surface area (Å²) in [5.41, 5.74) is 2.23. The fourth-order valence-corrected chi connectivity index (χ4v) is 3.66. The first-order valence-corrected chi connectivity index (χ1v) is 11.4. The number of aryl methyl sites for hydroxylation is 1. The molecule has 0 spiro atoms. The number of aromatic nitrogens is 3. The van der Waals surface area contributed by atoms with E-state index in [1.165, 1.54) is 16.8 Å². The maximum absolute atomic E-state index is 14.8. The molecule has 0 aliphatic rings. The summed E-state index contributed by atoms with van der Waals surface area (Å²) in [5.74, 6) is 0.309. The van der Waals surface area contributed by atoms with E-state index in [4.69, 9.17) is 9.88 Å². The van der Waals surface area contributed by atoms with Crippen molar-refractivity contribution in [2.24, 2.45) is 5.14 Å². The Labute approximate surface area is 181 Å². The zero-order valence-corrected chi connectivity index (χ0v) is 18.3. The molecule has 0 saturated carbocycles. The molecule has 3 rings (SSSR count). The number of halogens is 1. The molecule has 2 aromatic carbocycles. The van der Waals surface area contributed by atoms with Crippen LogP contribution in [0.3, 0.4) is 0 Å². The normalized spacial score (nSPS) is 11.7. The molecule has 0 fully saturated rings. The average molecular weight is 448 g/mol. The molecule has 1 heterocycles. The third-order valence-electron chi connectivity index (χ3n) is 4.79. The smallest absolute Gasteiger partial charge is 0.238 e. The van der Waals surface area contributed by atoms with Gasteiger partial charge in [0.05, 0.1) is 11.4 Å². The number of hydrogen-bond donors (Lipinski definition) is 2. The molecule has 0 amide bonds. The van der Waals surface area contributed by atoms with Crippen molar-refractivity contribution < 1.29 is 17.5 Å². The summed E-state index contributed by atoms with van der Waals surface area (Å²) in [4.78, 5) is 4.30. The van der Waals surface area contributed by atoms with Crippen LogP contribution < -0.4 is 10.5 Å². The SMILES string of the molecule is COCCCNCc1nc(Cc2ccccc2C)n(-c2ccc(S(N)(=O)=O)cc2F)n1. The molecular weight excluding hydrogens is 421 g/mol. The first-order chi connectivity index (χ1) is 14.8. The Hall–Kier alpha value is -2.66. The van der Waals surface area contributed by atoms with E-state index < -0.39 is 15.8 Å². The van der Waals surface area contributed by atoms with Gasteiger partial charge in [0.1, 0.15) is 17.3 Å². The number of rotatable bonds is 10. The number of nitrogens with two attached hydrogens (primary N) is 1. The zero-order chi connectivity index (χ0) is 22.4. The minimum atomic E-state index is -4.01. The largest absolute Gasteiger partial charge is 0.385 e. The number of nitrogens with zero attached hydrogens (tertiary/aromatic N) is 3. The molecule has 1 aromatic heterocycles. The molecule has 0 atom stereocenters. The van der Waals surface area contributed by atoms with Gasteiger partial charge in [0, 0.05) is 20.1 Å². The van der Waals surface area contributed by atoms with Crippen LogP contribution in [-0.2, 0) is 27.7 Å². The Morgan fingerprint density at radius 3 is 2.68 bits per heavy atom. The summed E-state index contributed by atoms with van der Waals surface area (Å²) in [6.07, 6.45) is 1.29. The topological polar surface area (TPSA) is 112 Å². The van der Waals surface area contributed by atoms with Gasteiger partial charge < -0.3 is 10.1 Å². The minimum absolute atomic E-state index is 0.106. The highest BCUT2D eigenvalue weighted by molar-refractivity contribution is 7.89. The van der Waals surface area contributed by atoms with Crippen molar-refractivity contribution in [3.05, 3.63) is 71.1 Å². The van der Waals surface area contributed by atoms with Crippen molar-refractivity contribution in [1.29, 1.82) is 0 Å². The quantitative estimate of drug-likeness (QED) is 0.460. The lowest BCUT2D eigenvalue weighted by atomic mass is 10.1. The highest BCUT2D eigenvalue weighted by Crippen LogP contribution is 2.21. The number of nitrogens with one attached hydrogen (secondary N) is 1. The molecule has 3 aromatic rings. The average Bonchev–Trinajstić information content (AvgIpc) is 3.11. The van der Waals surface area contributed by atoms with E-state index in [1.54, 1.807) is 7.11 Å². The summed E-state index contributed by atoms with van der Waals surface area (Å²) in [7, 11) is -2.36. The van der Waals surface area contributed by atoms with Crippen molar-refractivity contribution in [3.63, 3.8) is 0 Å². The van der Waals surface area contributed by atoms with E-state index in [2.05, 4.69) is 15.4 Å². The lowest BCUT2D eigenvalue weighted by molar-refractivity contribution is 0.194. The highest BCUT2D eigenvalue weighted by atomic mass is 32.2. The predicted octanol–water partition coefficient (Wildman–Crippen LogP) is 2.08. The third kappa shape index (κ3) is 5.95. The molecule has 0 radical (unpaired) electrons. The lowest BCUT2D eigenvalue weighted by Gasteiger charge is -2.09. The molecule has 0 bridgehead atoms. The number of primary sulfonamides is 1. The molecule has 3 N–H and O–H groups in total. The fourth-order valence-electron chi connectivity index (χ4n) is 3.13. The first-order valence-electron chi connectivity index (χ1n) is 9.81. The van der Waals surface area contributed by atoms with Crippen LogP contribution in [-0.4, -0.2) is 43.4 Å². The monoisotopic (exact) mass is 447 g/mol. The second-order valence-corrected chi connectivity index (χ2v) is 8.70. The summed E-state index contributed by atoms with van der Waals surface area (Å²) >= 11 is 0. The van der Waals surface area contributed by atoms with E-state index in [0.717, 1.165) is 30.2 Å². The lowest BCUT2D eigenvalue weighted by Crippen LogP contribution is -2.17. The van der Waals surface area contributed by atoms with Crippen LogP contribution in [0.15, 0.2) is 47.4 Å². The molecule has 0 aliphatic carbocycles. The molecular formula is C21H26FN5O3S. The maximum Gasteiger partial charge on any atom is 0.238 e. The van der Waals surface area contributed by atoms with E-state index >= 15 is 0 Å². The Bertz CT molecular complexity index is 1150. The van der Waals surface area contributed by atoms with Crippen LogP contribution in [0.4, 0.5) is 4.39 Å². The Morgan fingerprint density at radius 2 is 2.00 bits per heavy atom. The van der Waals surface area contributed by atoms with Crippen LogP contribution >= 0.6 is 0 Å². The highest BCUT2D eigenvalue weighted by Gasteiger charge is 2.18. The Balaban J connectivity index is 1.94.